The van der Waals surface area contributed by atoms with Gasteiger partial charge in [0.25, 0.3) is 0 Å². The molecule has 0 bridgehead atoms. The van der Waals surface area contributed by atoms with Crippen molar-refractivity contribution in [1.82, 2.24) is 4.90 Å². The molecule has 0 heterocycles. The zero-order valence-corrected chi connectivity index (χ0v) is 13.9. The summed E-state index contributed by atoms with van der Waals surface area (Å²) in [7, 11) is 0. The Bertz CT molecular complexity index is 665. The molecule has 3 nitrogen and oxygen atoms in total. The highest BCUT2D eigenvalue weighted by molar-refractivity contribution is 9.10. The fraction of sp³-hybridized carbons (Fsp3) is 0.278. The average Bonchev–Trinajstić information content (AvgIpc) is 3.32. The second-order valence-electron chi connectivity index (χ2n) is 5.80. The predicted octanol–water partition coefficient (Wildman–Crippen LogP) is 3.77. The highest BCUT2D eigenvalue weighted by Gasteiger charge is 2.32. The topological polar surface area (TPSA) is 46.3 Å². The molecule has 4 heteroatoms. The number of hydrogen-bond acceptors (Lipinski definition) is 2. The van der Waals surface area contributed by atoms with Gasteiger partial charge in [-0.05, 0) is 48.2 Å². The molecule has 1 amide bonds. The third-order valence-corrected chi connectivity index (χ3v) is 4.38. The van der Waals surface area contributed by atoms with Gasteiger partial charge >= 0.3 is 0 Å². The number of nitrogens with zero attached hydrogens (tertiary/aromatic N) is 1. The standard InChI is InChI=1S/C18H19BrN2O/c19-15-3-1-2-14(10-15)12-21(17-8-9-17)18(22)11-13-4-6-16(20)7-5-13/h1-7,10,17H,8-9,11-12,20H2. The molecule has 1 fully saturated rings. The van der Waals surface area contributed by atoms with Crippen LogP contribution in [0.1, 0.15) is 24.0 Å². The lowest BCUT2D eigenvalue weighted by molar-refractivity contribution is -0.131. The first-order valence-electron chi connectivity index (χ1n) is 7.50. The maximum absolute atomic E-state index is 12.7. The Balaban J connectivity index is 1.70. The summed E-state index contributed by atoms with van der Waals surface area (Å²) in [6, 6.07) is 16.1. The number of hydrogen-bond donors (Lipinski definition) is 1. The van der Waals surface area contributed by atoms with E-state index in [0.29, 0.717) is 19.0 Å². The number of amides is 1. The van der Waals surface area contributed by atoms with Gasteiger partial charge in [-0.2, -0.15) is 0 Å². The van der Waals surface area contributed by atoms with Gasteiger partial charge in [-0.1, -0.05) is 40.2 Å². The van der Waals surface area contributed by atoms with Crippen molar-refractivity contribution in [2.75, 3.05) is 5.73 Å². The number of carbonyl (C=O) groups excluding carboxylic acids is 1. The van der Waals surface area contributed by atoms with Crippen molar-refractivity contribution >= 4 is 27.5 Å². The maximum atomic E-state index is 12.7. The van der Waals surface area contributed by atoms with Gasteiger partial charge in [0.15, 0.2) is 0 Å². The number of rotatable bonds is 5. The maximum Gasteiger partial charge on any atom is 0.227 e. The van der Waals surface area contributed by atoms with Crippen molar-refractivity contribution in [3.8, 4) is 0 Å². The van der Waals surface area contributed by atoms with Crippen molar-refractivity contribution in [3.63, 3.8) is 0 Å². The monoisotopic (exact) mass is 358 g/mol. The van der Waals surface area contributed by atoms with Crippen LogP contribution < -0.4 is 5.73 Å². The summed E-state index contributed by atoms with van der Waals surface area (Å²) in [5, 5.41) is 0. The normalized spacial score (nSPS) is 13.9. The molecular formula is C18H19BrN2O. The van der Waals surface area contributed by atoms with Crippen LogP contribution in [0.4, 0.5) is 5.69 Å². The second-order valence-corrected chi connectivity index (χ2v) is 6.72. The van der Waals surface area contributed by atoms with Gasteiger partial charge in [0.1, 0.15) is 0 Å². The number of halogens is 1. The minimum absolute atomic E-state index is 0.187. The zero-order chi connectivity index (χ0) is 15.5. The fourth-order valence-electron chi connectivity index (χ4n) is 2.55. The van der Waals surface area contributed by atoms with Crippen LogP contribution >= 0.6 is 15.9 Å². The van der Waals surface area contributed by atoms with Crippen molar-refractivity contribution in [2.24, 2.45) is 0 Å². The molecule has 2 N–H and O–H groups in total. The minimum Gasteiger partial charge on any atom is -0.399 e. The van der Waals surface area contributed by atoms with Crippen LogP contribution in [0.2, 0.25) is 0 Å². The summed E-state index contributed by atoms with van der Waals surface area (Å²) in [6.45, 7) is 0.678. The smallest absolute Gasteiger partial charge is 0.227 e. The summed E-state index contributed by atoms with van der Waals surface area (Å²) in [5.74, 6) is 0.187. The molecule has 0 atom stereocenters. The first-order valence-corrected chi connectivity index (χ1v) is 8.29. The number of nitrogen functional groups attached to an aromatic ring is 1. The van der Waals surface area contributed by atoms with E-state index in [0.717, 1.165) is 34.1 Å². The molecule has 114 valence electrons. The lowest BCUT2D eigenvalue weighted by Gasteiger charge is -2.23. The Morgan fingerprint density at radius 3 is 2.50 bits per heavy atom. The fourth-order valence-corrected chi connectivity index (χ4v) is 3.00. The summed E-state index contributed by atoms with van der Waals surface area (Å²) in [5.41, 5.74) is 8.59. The summed E-state index contributed by atoms with van der Waals surface area (Å²) in [6.07, 6.45) is 2.66. The molecule has 0 aromatic heterocycles. The molecule has 1 aliphatic rings. The SMILES string of the molecule is Nc1ccc(CC(=O)N(Cc2cccc(Br)c2)C2CC2)cc1. The lowest BCUT2D eigenvalue weighted by Crippen LogP contribution is -2.33. The lowest BCUT2D eigenvalue weighted by atomic mass is 10.1. The molecule has 0 radical (unpaired) electrons. The molecule has 0 spiro atoms. The largest absolute Gasteiger partial charge is 0.399 e. The molecule has 0 saturated heterocycles. The molecule has 0 aliphatic heterocycles. The molecular weight excluding hydrogens is 340 g/mol. The summed E-state index contributed by atoms with van der Waals surface area (Å²) >= 11 is 3.49. The molecule has 1 saturated carbocycles. The molecule has 0 unspecified atom stereocenters. The number of carbonyl (C=O) groups is 1. The van der Waals surface area contributed by atoms with Crippen LogP contribution in [0.25, 0.3) is 0 Å². The minimum atomic E-state index is 0.187. The van der Waals surface area contributed by atoms with E-state index in [2.05, 4.69) is 28.1 Å². The number of benzene rings is 2. The van der Waals surface area contributed by atoms with Crippen molar-refractivity contribution in [1.29, 1.82) is 0 Å². The van der Waals surface area contributed by atoms with Crippen LogP contribution in [-0.2, 0) is 17.8 Å². The first kappa shape index (κ1) is 15.1. The van der Waals surface area contributed by atoms with E-state index in [-0.39, 0.29) is 5.91 Å². The van der Waals surface area contributed by atoms with Gasteiger partial charge in [-0.25, -0.2) is 0 Å². The van der Waals surface area contributed by atoms with E-state index < -0.39 is 0 Å². The quantitative estimate of drug-likeness (QED) is 0.827. The Labute approximate surface area is 139 Å². The molecule has 2 aromatic carbocycles. The van der Waals surface area contributed by atoms with E-state index in [4.69, 9.17) is 5.73 Å². The van der Waals surface area contributed by atoms with Crippen LogP contribution in [0.3, 0.4) is 0 Å². The van der Waals surface area contributed by atoms with Gasteiger partial charge in [-0.3, -0.25) is 4.79 Å². The van der Waals surface area contributed by atoms with Crippen LogP contribution in [0, 0.1) is 0 Å². The van der Waals surface area contributed by atoms with E-state index in [1.54, 1.807) is 0 Å². The Morgan fingerprint density at radius 1 is 1.14 bits per heavy atom. The van der Waals surface area contributed by atoms with Crippen LogP contribution in [0.15, 0.2) is 53.0 Å². The van der Waals surface area contributed by atoms with Crippen LogP contribution in [0.5, 0.6) is 0 Å². The van der Waals surface area contributed by atoms with Crippen molar-refractivity contribution in [3.05, 3.63) is 64.1 Å². The molecule has 2 aromatic rings. The number of anilines is 1. The van der Waals surface area contributed by atoms with Gasteiger partial charge in [-0.15, -0.1) is 0 Å². The van der Waals surface area contributed by atoms with E-state index in [9.17, 15) is 4.79 Å². The van der Waals surface area contributed by atoms with Crippen LogP contribution in [-0.4, -0.2) is 16.8 Å². The van der Waals surface area contributed by atoms with E-state index >= 15 is 0 Å². The Morgan fingerprint density at radius 2 is 1.86 bits per heavy atom. The molecule has 1 aliphatic carbocycles. The highest BCUT2D eigenvalue weighted by Crippen LogP contribution is 2.29. The first-order chi connectivity index (χ1) is 10.6. The van der Waals surface area contributed by atoms with Crippen molar-refractivity contribution < 1.29 is 4.79 Å². The highest BCUT2D eigenvalue weighted by atomic mass is 79.9. The van der Waals surface area contributed by atoms with Crippen molar-refractivity contribution in [2.45, 2.75) is 31.8 Å². The van der Waals surface area contributed by atoms with Gasteiger partial charge in [0, 0.05) is 22.7 Å². The van der Waals surface area contributed by atoms with Gasteiger partial charge < -0.3 is 10.6 Å². The zero-order valence-electron chi connectivity index (χ0n) is 12.3. The van der Waals surface area contributed by atoms with Gasteiger partial charge in [0.2, 0.25) is 5.91 Å². The summed E-state index contributed by atoms with van der Waals surface area (Å²) < 4.78 is 1.05. The third kappa shape index (κ3) is 3.89. The Hall–Kier alpha value is -1.81. The van der Waals surface area contributed by atoms with E-state index in [1.165, 1.54) is 0 Å². The second kappa shape index (κ2) is 6.53. The van der Waals surface area contributed by atoms with E-state index in [1.807, 2.05) is 41.3 Å². The molecule has 3 rings (SSSR count). The third-order valence-electron chi connectivity index (χ3n) is 3.89. The molecule has 22 heavy (non-hydrogen) atoms. The van der Waals surface area contributed by atoms with Gasteiger partial charge in [0.05, 0.1) is 6.42 Å². The number of nitrogens with two attached hydrogens (primary N) is 1. The Kier molecular flexibility index (Phi) is 4.48. The summed E-state index contributed by atoms with van der Waals surface area (Å²) in [4.78, 5) is 14.7. The predicted molar refractivity (Wildman–Crippen MR) is 92.3 cm³/mol. The average molecular weight is 359 g/mol.